The second-order valence-corrected chi connectivity index (χ2v) is 12.0. The van der Waals surface area contributed by atoms with Crippen molar-refractivity contribution in [2.24, 2.45) is 0 Å². The summed E-state index contributed by atoms with van der Waals surface area (Å²) in [6, 6.07) is 7.70. The molecule has 0 saturated carbocycles. The Morgan fingerprint density at radius 3 is 2.20 bits per heavy atom. The Morgan fingerprint density at radius 2 is 1.73 bits per heavy atom. The monoisotopic (exact) mass is 242 g/mol. The van der Waals surface area contributed by atoms with Gasteiger partial charge in [-0.05, 0) is 30.3 Å². The minimum absolute atomic E-state index is 0.223. The van der Waals surface area contributed by atoms with Gasteiger partial charge in [-0.3, -0.25) is 4.21 Å². The fourth-order valence-electron chi connectivity index (χ4n) is 1.11. The number of hydrogen-bond donors (Lipinski definition) is 1. The summed E-state index contributed by atoms with van der Waals surface area (Å²) in [5.74, 6) is 0.960. The SMILES string of the molecule is C[Si](C)(C)CCS(=O)c1ccc(O)cc1. The topological polar surface area (TPSA) is 37.3 Å². The molecule has 1 N–H and O–H groups in total. The molecule has 0 aliphatic rings. The maximum Gasteiger partial charge on any atom is 0.115 e. The molecule has 0 fully saturated rings. The first-order valence-electron chi connectivity index (χ1n) is 5.06. The molecule has 2 nitrogen and oxygen atoms in total. The summed E-state index contributed by atoms with van der Waals surface area (Å²) in [6.07, 6.45) is 0. The molecule has 1 aromatic rings. The van der Waals surface area contributed by atoms with Gasteiger partial charge in [0, 0.05) is 18.7 Å². The average Bonchev–Trinajstić information content (AvgIpc) is 2.14. The largest absolute Gasteiger partial charge is 0.508 e. The van der Waals surface area contributed by atoms with Crippen molar-refractivity contribution in [1.82, 2.24) is 0 Å². The maximum absolute atomic E-state index is 11.9. The molecule has 1 aromatic carbocycles. The lowest BCUT2D eigenvalue weighted by molar-refractivity contribution is 0.475. The summed E-state index contributed by atoms with van der Waals surface area (Å²) < 4.78 is 11.9. The molecule has 0 saturated heterocycles. The fourth-order valence-corrected chi connectivity index (χ4v) is 4.98. The predicted molar refractivity (Wildman–Crippen MR) is 67.5 cm³/mol. The molecule has 1 unspecified atom stereocenters. The van der Waals surface area contributed by atoms with Crippen molar-refractivity contribution in [2.45, 2.75) is 30.6 Å². The normalized spacial score (nSPS) is 13.8. The second kappa shape index (κ2) is 4.94. The van der Waals surface area contributed by atoms with Gasteiger partial charge in [-0.1, -0.05) is 19.6 Å². The van der Waals surface area contributed by atoms with Crippen LogP contribution in [0.3, 0.4) is 0 Å². The van der Waals surface area contributed by atoms with Crippen LogP contribution >= 0.6 is 0 Å². The van der Waals surface area contributed by atoms with Crippen molar-refractivity contribution in [2.75, 3.05) is 5.75 Å². The van der Waals surface area contributed by atoms with Crippen LogP contribution in [-0.4, -0.2) is 23.1 Å². The van der Waals surface area contributed by atoms with Gasteiger partial charge in [-0.25, -0.2) is 0 Å². The van der Waals surface area contributed by atoms with Crippen LogP contribution in [-0.2, 0) is 10.8 Å². The molecule has 0 radical (unpaired) electrons. The number of aromatic hydroxyl groups is 1. The van der Waals surface area contributed by atoms with E-state index in [9.17, 15) is 4.21 Å². The number of phenols is 1. The van der Waals surface area contributed by atoms with Crippen molar-refractivity contribution in [1.29, 1.82) is 0 Å². The lowest BCUT2D eigenvalue weighted by atomic mass is 10.3. The van der Waals surface area contributed by atoms with Crippen LogP contribution in [0.25, 0.3) is 0 Å². The summed E-state index contributed by atoms with van der Waals surface area (Å²) in [5.41, 5.74) is 0. The number of rotatable bonds is 4. The zero-order valence-corrected chi connectivity index (χ0v) is 11.3. The van der Waals surface area contributed by atoms with E-state index in [1.165, 1.54) is 0 Å². The standard InChI is InChI=1S/C11H18O2SSi/c1-15(2,3)9-8-14(13)11-6-4-10(12)5-7-11/h4-7,12H,8-9H2,1-3H3. The number of phenolic OH excluding ortho intramolecular Hbond substituents is 1. The molecule has 0 amide bonds. The zero-order valence-electron chi connectivity index (χ0n) is 9.49. The number of benzene rings is 1. The summed E-state index contributed by atoms with van der Waals surface area (Å²) in [6.45, 7) is 6.84. The molecule has 0 aliphatic carbocycles. The highest BCUT2D eigenvalue weighted by atomic mass is 32.2. The summed E-state index contributed by atoms with van der Waals surface area (Å²) >= 11 is 0. The highest BCUT2D eigenvalue weighted by Gasteiger charge is 2.15. The Hall–Kier alpha value is -0.613. The molecule has 4 heteroatoms. The van der Waals surface area contributed by atoms with Gasteiger partial charge in [0.1, 0.15) is 5.75 Å². The molecular weight excluding hydrogens is 224 g/mol. The molecule has 0 aromatic heterocycles. The van der Waals surface area contributed by atoms with E-state index in [-0.39, 0.29) is 5.75 Å². The Labute approximate surface area is 94.8 Å². The molecular formula is C11H18O2SSi. The van der Waals surface area contributed by atoms with Crippen LogP contribution in [0.4, 0.5) is 0 Å². The highest BCUT2D eigenvalue weighted by Crippen LogP contribution is 2.16. The Morgan fingerprint density at radius 1 is 1.20 bits per heavy atom. The summed E-state index contributed by atoms with van der Waals surface area (Å²) in [5, 5.41) is 9.11. The van der Waals surface area contributed by atoms with Gasteiger partial charge in [0.05, 0.1) is 10.8 Å². The Kier molecular flexibility index (Phi) is 4.10. The molecule has 15 heavy (non-hydrogen) atoms. The lowest BCUT2D eigenvalue weighted by Gasteiger charge is -2.14. The van der Waals surface area contributed by atoms with E-state index in [1.54, 1.807) is 24.3 Å². The summed E-state index contributed by atoms with van der Waals surface area (Å²) in [4.78, 5) is 0.811. The maximum atomic E-state index is 11.9. The number of hydrogen-bond acceptors (Lipinski definition) is 2. The van der Waals surface area contributed by atoms with Crippen molar-refractivity contribution < 1.29 is 9.32 Å². The molecule has 0 heterocycles. The van der Waals surface area contributed by atoms with E-state index >= 15 is 0 Å². The first kappa shape index (κ1) is 12.5. The van der Waals surface area contributed by atoms with E-state index in [0.29, 0.717) is 0 Å². The van der Waals surface area contributed by atoms with E-state index in [1.807, 2.05) is 0 Å². The van der Waals surface area contributed by atoms with Crippen molar-refractivity contribution >= 4 is 18.9 Å². The first-order valence-corrected chi connectivity index (χ1v) is 10.1. The van der Waals surface area contributed by atoms with Crippen LogP contribution in [0.1, 0.15) is 0 Å². The smallest absolute Gasteiger partial charge is 0.115 e. The molecule has 0 aliphatic heterocycles. The van der Waals surface area contributed by atoms with E-state index in [0.717, 1.165) is 16.7 Å². The zero-order chi connectivity index (χ0) is 11.5. The average molecular weight is 242 g/mol. The van der Waals surface area contributed by atoms with Crippen molar-refractivity contribution in [3.05, 3.63) is 24.3 Å². The Bertz CT molecular complexity index is 341. The van der Waals surface area contributed by atoms with Crippen molar-refractivity contribution in [3.63, 3.8) is 0 Å². The Balaban J connectivity index is 2.58. The fraction of sp³-hybridized carbons (Fsp3) is 0.455. The highest BCUT2D eigenvalue weighted by molar-refractivity contribution is 7.85. The van der Waals surface area contributed by atoms with Gasteiger partial charge in [-0.15, -0.1) is 0 Å². The quantitative estimate of drug-likeness (QED) is 0.824. The van der Waals surface area contributed by atoms with E-state index in [2.05, 4.69) is 19.6 Å². The second-order valence-electron chi connectivity index (χ2n) is 4.85. The molecule has 0 bridgehead atoms. The van der Waals surface area contributed by atoms with Gasteiger partial charge in [0.2, 0.25) is 0 Å². The minimum Gasteiger partial charge on any atom is -0.508 e. The third-order valence-corrected chi connectivity index (χ3v) is 5.62. The minimum atomic E-state index is -1.11. The molecule has 1 atom stereocenters. The predicted octanol–water partition coefficient (Wildman–Crippen LogP) is 2.84. The lowest BCUT2D eigenvalue weighted by Crippen LogP contribution is -2.22. The van der Waals surface area contributed by atoms with Crippen LogP contribution in [0.5, 0.6) is 5.75 Å². The van der Waals surface area contributed by atoms with Crippen LogP contribution in [0, 0.1) is 0 Å². The van der Waals surface area contributed by atoms with Gasteiger partial charge >= 0.3 is 0 Å². The third-order valence-electron chi connectivity index (χ3n) is 2.14. The van der Waals surface area contributed by atoms with Gasteiger partial charge in [0.15, 0.2) is 0 Å². The third kappa shape index (κ3) is 4.62. The van der Waals surface area contributed by atoms with Crippen LogP contribution < -0.4 is 0 Å². The summed E-state index contributed by atoms with van der Waals surface area (Å²) in [7, 11) is -2.02. The molecule has 0 spiro atoms. The van der Waals surface area contributed by atoms with E-state index < -0.39 is 18.9 Å². The van der Waals surface area contributed by atoms with Gasteiger partial charge in [-0.2, -0.15) is 0 Å². The molecule has 1 rings (SSSR count). The molecule has 84 valence electrons. The van der Waals surface area contributed by atoms with Crippen LogP contribution in [0.15, 0.2) is 29.2 Å². The van der Waals surface area contributed by atoms with Gasteiger partial charge in [0.25, 0.3) is 0 Å². The van der Waals surface area contributed by atoms with Crippen molar-refractivity contribution in [3.8, 4) is 5.75 Å². The first-order chi connectivity index (χ1) is 6.88. The van der Waals surface area contributed by atoms with Crippen LogP contribution in [0.2, 0.25) is 25.7 Å². The van der Waals surface area contributed by atoms with Gasteiger partial charge < -0.3 is 5.11 Å². The van der Waals surface area contributed by atoms with E-state index in [4.69, 9.17) is 5.11 Å².